The topological polar surface area (TPSA) is 112 Å². The van der Waals surface area contributed by atoms with E-state index in [0.717, 1.165) is 22.5 Å². The highest BCUT2D eigenvalue weighted by Gasteiger charge is 2.14. The van der Waals surface area contributed by atoms with Gasteiger partial charge in [-0.1, -0.05) is 12.1 Å². The van der Waals surface area contributed by atoms with Gasteiger partial charge in [-0.15, -0.1) is 11.3 Å². The molecule has 0 radical (unpaired) electrons. The summed E-state index contributed by atoms with van der Waals surface area (Å²) in [5.74, 6) is -1.78. The molecule has 0 aliphatic carbocycles. The molecule has 1 aromatic heterocycles. The lowest BCUT2D eigenvalue weighted by Crippen LogP contribution is -2.21. The van der Waals surface area contributed by atoms with Gasteiger partial charge < -0.3 is 9.47 Å². The predicted octanol–water partition coefficient (Wildman–Crippen LogP) is 2.62. The first kappa shape index (κ1) is 22.2. The number of rotatable bonds is 9. The van der Waals surface area contributed by atoms with E-state index < -0.39 is 24.5 Å². The number of anilines is 1. The van der Waals surface area contributed by atoms with Gasteiger partial charge in [-0.2, -0.15) is 0 Å². The maximum absolute atomic E-state index is 12.2. The summed E-state index contributed by atoms with van der Waals surface area (Å²) in [6.07, 6.45) is -0.0989. The Bertz CT molecular complexity index is 921. The first-order valence-electron chi connectivity index (χ1n) is 8.85. The number of methoxy groups -OCH3 is 1. The highest BCUT2D eigenvalue weighted by molar-refractivity contribution is 7.13. The molecule has 0 atom stereocenters. The number of aromatic nitrogens is 1. The lowest BCUT2D eigenvalue weighted by molar-refractivity contribution is -0.147. The Kier molecular flexibility index (Phi) is 8.02. The molecule has 0 saturated carbocycles. The number of ketones is 1. The molecule has 1 amide bonds. The summed E-state index contributed by atoms with van der Waals surface area (Å²) < 4.78 is 9.44. The van der Waals surface area contributed by atoms with Crippen LogP contribution in [0.5, 0.6) is 0 Å². The largest absolute Gasteiger partial charge is 0.469 e. The highest BCUT2D eigenvalue weighted by atomic mass is 32.1. The molecule has 1 heterocycles. The smallest absolute Gasteiger partial charge is 0.311 e. The summed E-state index contributed by atoms with van der Waals surface area (Å²) in [7, 11) is 1.28. The van der Waals surface area contributed by atoms with Gasteiger partial charge in [-0.3, -0.25) is 24.5 Å². The Morgan fingerprint density at radius 1 is 1.07 bits per heavy atom. The van der Waals surface area contributed by atoms with Crippen LogP contribution in [0, 0.1) is 13.8 Å². The van der Waals surface area contributed by atoms with Crippen molar-refractivity contribution in [3.05, 3.63) is 46.0 Å². The van der Waals surface area contributed by atoms with Gasteiger partial charge in [0.25, 0.3) is 5.91 Å². The summed E-state index contributed by atoms with van der Waals surface area (Å²) >= 11 is 1.14. The van der Waals surface area contributed by atoms with Crippen LogP contribution in [0.15, 0.2) is 23.6 Å². The van der Waals surface area contributed by atoms with Crippen LogP contribution in [0.25, 0.3) is 0 Å². The Labute approximate surface area is 172 Å². The summed E-state index contributed by atoms with van der Waals surface area (Å²) in [4.78, 5) is 51.1. The fraction of sp³-hybridized carbons (Fsp3) is 0.350. The number of carbonyl (C=O) groups excluding carboxylic acids is 4. The second kappa shape index (κ2) is 10.5. The number of Topliss-reactive ketones (excluding diaryl/α,β-unsaturated/α-hetero) is 1. The van der Waals surface area contributed by atoms with Crippen molar-refractivity contribution in [2.45, 2.75) is 33.1 Å². The van der Waals surface area contributed by atoms with Crippen LogP contribution in [0.4, 0.5) is 5.13 Å². The molecule has 8 nitrogen and oxygen atoms in total. The minimum absolute atomic E-state index is 0.00627. The van der Waals surface area contributed by atoms with Crippen molar-refractivity contribution in [2.24, 2.45) is 0 Å². The van der Waals surface area contributed by atoms with Gasteiger partial charge in [0, 0.05) is 17.4 Å². The third-order valence-electron chi connectivity index (χ3n) is 4.10. The number of aryl methyl sites for hydroxylation is 2. The summed E-state index contributed by atoms with van der Waals surface area (Å²) in [6, 6.07) is 5.38. The van der Waals surface area contributed by atoms with Crippen LogP contribution in [0.2, 0.25) is 0 Å². The number of esters is 2. The van der Waals surface area contributed by atoms with Gasteiger partial charge in [0.05, 0.1) is 25.6 Å². The van der Waals surface area contributed by atoms with Crippen molar-refractivity contribution in [1.82, 2.24) is 4.98 Å². The number of amides is 1. The molecule has 0 spiro atoms. The lowest BCUT2D eigenvalue weighted by atomic mass is 10.0. The summed E-state index contributed by atoms with van der Waals surface area (Å²) in [5, 5.41) is 4.39. The second-order valence-corrected chi connectivity index (χ2v) is 7.19. The Hall–Kier alpha value is -3.07. The van der Waals surface area contributed by atoms with E-state index in [1.54, 1.807) is 17.5 Å². The number of thiazole rings is 1. The Morgan fingerprint density at radius 3 is 2.52 bits per heavy atom. The molecular weight excluding hydrogens is 396 g/mol. The maximum Gasteiger partial charge on any atom is 0.311 e. The number of hydrogen-bond acceptors (Lipinski definition) is 8. The molecule has 0 saturated heterocycles. The van der Waals surface area contributed by atoms with E-state index in [9.17, 15) is 19.2 Å². The normalized spacial score (nSPS) is 10.3. The zero-order chi connectivity index (χ0) is 21.4. The highest BCUT2D eigenvalue weighted by Crippen LogP contribution is 2.16. The maximum atomic E-state index is 12.2. The van der Waals surface area contributed by atoms with Crippen LogP contribution in [-0.4, -0.2) is 42.3 Å². The summed E-state index contributed by atoms with van der Waals surface area (Å²) in [5.41, 5.74) is 3.11. The van der Waals surface area contributed by atoms with Gasteiger partial charge in [-0.25, -0.2) is 4.98 Å². The predicted molar refractivity (Wildman–Crippen MR) is 107 cm³/mol. The van der Waals surface area contributed by atoms with Crippen molar-refractivity contribution in [1.29, 1.82) is 0 Å². The first-order valence-corrected chi connectivity index (χ1v) is 9.73. The molecule has 0 bridgehead atoms. The molecule has 29 heavy (non-hydrogen) atoms. The summed E-state index contributed by atoms with van der Waals surface area (Å²) in [6.45, 7) is 3.39. The van der Waals surface area contributed by atoms with Gasteiger partial charge in [-0.05, 0) is 31.0 Å². The van der Waals surface area contributed by atoms with E-state index in [4.69, 9.17) is 4.74 Å². The van der Waals surface area contributed by atoms with E-state index in [1.165, 1.54) is 7.11 Å². The van der Waals surface area contributed by atoms with E-state index >= 15 is 0 Å². The molecule has 0 fully saturated rings. The molecule has 0 aliphatic rings. The van der Waals surface area contributed by atoms with Crippen LogP contribution in [0.3, 0.4) is 0 Å². The average molecular weight is 418 g/mol. The monoisotopic (exact) mass is 418 g/mol. The minimum atomic E-state index is -0.636. The molecule has 0 aliphatic heterocycles. The number of ether oxygens (including phenoxy) is 2. The van der Waals surface area contributed by atoms with Gasteiger partial charge in [0.15, 0.2) is 17.5 Å². The molecule has 9 heteroatoms. The number of nitrogens with zero attached hydrogens (tertiary/aromatic N) is 1. The fourth-order valence-electron chi connectivity index (χ4n) is 2.31. The van der Waals surface area contributed by atoms with Crippen molar-refractivity contribution >= 4 is 40.1 Å². The number of benzene rings is 1. The van der Waals surface area contributed by atoms with Crippen molar-refractivity contribution in [3.63, 3.8) is 0 Å². The SMILES string of the molecule is COC(=O)Cc1csc(NC(=O)COC(=O)CCC(=O)c2ccc(C)c(C)c2)n1. The van der Waals surface area contributed by atoms with Gasteiger partial charge in [0.2, 0.25) is 0 Å². The fourth-order valence-corrected chi connectivity index (χ4v) is 3.04. The van der Waals surface area contributed by atoms with E-state index in [2.05, 4.69) is 15.0 Å². The van der Waals surface area contributed by atoms with Gasteiger partial charge >= 0.3 is 11.9 Å². The molecular formula is C20H22N2O6S. The lowest BCUT2D eigenvalue weighted by Gasteiger charge is -2.06. The van der Waals surface area contributed by atoms with E-state index in [-0.39, 0.29) is 30.2 Å². The van der Waals surface area contributed by atoms with Gasteiger partial charge in [0.1, 0.15) is 0 Å². The zero-order valence-corrected chi connectivity index (χ0v) is 17.3. The van der Waals surface area contributed by atoms with Crippen LogP contribution >= 0.6 is 11.3 Å². The molecule has 2 aromatic rings. The first-order chi connectivity index (χ1) is 13.8. The van der Waals surface area contributed by atoms with Crippen molar-refractivity contribution < 1.29 is 28.7 Å². The molecule has 154 valence electrons. The third-order valence-corrected chi connectivity index (χ3v) is 4.91. The average Bonchev–Trinajstić information content (AvgIpc) is 3.12. The number of hydrogen-bond donors (Lipinski definition) is 1. The van der Waals surface area contributed by atoms with Crippen molar-refractivity contribution in [2.75, 3.05) is 19.0 Å². The van der Waals surface area contributed by atoms with Crippen LogP contribution < -0.4 is 5.32 Å². The third kappa shape index (κ3) is 7.11. The van der Waals surface area contributed by atoms with E-state index in [1.807, 2.05) is 19.9 Å². The van der Waals surface area contributed by atoms with E-state index in [0.29, 0.717) is 11.3 Å². The number of carbonyl (C=O) groups is 4. The molecule has 0 unspecified atom stereocenters. The van der Waals surface area contributed by atoms with Crippen LogP contribution in [-0.2, 0) is 30.3 Å². The van der Waals surface area contributed by atoms with Crippen LogP contribution in [0.1, 0.15) is 40.0 Å². The molecule has 1 N–H and O–H groups in total. The molecule has 2 rings (SSSR count). The standard InChI is InChI=1S/C20H22N2O6S/c1-12-4-5-14(8-13(12)2)16(23)6-7-18(25)28-10-17(24)22-20-21-15(11-29-20)9-19(26)27-3/h4-5,8,11H,6-7,9-10H2,1-3H3,(H,21,22,24). The number of nitrogens with one attached hydrogen (secondary N) is 1. The molecule has 1 aromatic carbocycles. The second-order valence-electron chi connectivity index (χ2n) is 6.33. The van der Waals surface area contributed by atoms with Crippen molar-refractivity contribution in [3.8, 4) is 0 Å². The Balaban J connectivity index is 1.73. The minimum Gasteiger partial charge on any atom is -0.469 e. The Morgan fingerprint density at radius 2 is 1.83 bits per heavy atom. The zero-order valence-electron chi connectivity index (χ0n) is 16.4. The quantitative estimate of drug-likeness (QED) is 0.492.